The zero-order valence-electron chi connectivity index (χ0n) is 16.2. The van der Waals surface area contributed by atoms with E-state index in [1.165, 1.54) is 37.6 Å². The predicted molar refractivity (Wildman–Crippen MR) is 113 cm³/mol. The molecule has 2 aromatic carbocycles. The molecule has 1 atom stereocenters. The molecule has 1 amide bonds. The molecule has 10 heteroatoms. The minimum atomic E-state index is -1.37. The van der Waals surface area contributed by atoms with E-state index >= 15 is 0 Å². The molecule has 6 nitrogen and oxygen atoms in total. The van der Waals surface area contributed by atoms with E-state index in [9.17, 15) is 23.5 Å². The van der Waals surface area contributed by atoms with Gasteiger partial charge in [-0.1, -0.05) is 23.2 Å². The number of ketones is 1. The molecule has 1 fully saturated rings. The quantitative estimate of drug-likeness (QED) is 0.303. The third kappa shape index (κ3) is 3.51. The Bertz CT molecular complexity index is 1250. The van der Waals surface area contributed by atoms with Crippen molar-refractivity contribution in [2.24, 2.45) is 0 Å². The van der Waals surface area contributed by atoms with Crippen molar-refractivity contribution in [3.05, 3.63) is 87.3 Å². The van der Waals surface area contributed by atoms with Crippen LogP contribution in [0.25, 0.3) is 5.76 Å². The summed E-state index contributed by atoms with van der Waals surface area (Å²) in [5, 5.41) is 11.1. The van der Waals surface area contributed by atoms with Crippen molar-refractivity contribution in [2.45, 2.75) is 6.04 Å². The van der Waals surface area contributed by atoms with Crippen LogP contribution in [-0.4, -0.2) is 23.9 Å². The van der Waals surface area contributed by atoms with Gasteiger partial charge < -0.3 is 14.3 Å². The summed E-state index contributed by atoms with van der Waals surface area (Å²) in [6.45, 7) is 0. The van der Waals surface area contributed by atoms with Gasteiger partial charge in [0, 0.05) is 11.6 Å². The van der Waals surface area contributed by atoms with Crippen LogP contribution in [-0.2, 0) is 9.59 Å². The largest absolute Gasteiger partial charge is 0.507 e. The molecule has 32 heavy (non-hydrogen) atoms. The van der Waals surface area contributed by atoms with Crippen molar-refractivity contribution in [2.75, 3.05) is 12.0 Å². The Hall–Kier alpha value is -3.36. The lowest BCUT2D eigenvalue weighted by atomic mass is 9.99. The van der Waals surface area contributed by atoms with E-state index in [4.69, 9.17) is 32.4 Å². The zero-order valence-corrected chi connectivity index (χ0v) is 17.7. The molecule has 1 N–H and O–H groups in total. The summed E-state index contributed by atoms with van der Waals surface area (Å²) in [5.41, 5.74) is -0.890. The maximum absolute atomic E-state index is 14.5. The SMILES string of the molecule is COc1c(Cl)cc(/C(O)=C2/C(=O)C(=O)N(c3cc(F)ccc3F)C2c2ccco2)cc1Cl. The number of hydrogen-bond donors (Lipinski definition) is 1. The number of ether oxygens (including phenoxy) is 1. The van der Waals surface area contributed by atoms with Gasteiger partial charge in [0.1, 0.15) is 29.2 Å². The summed E-state index contributed by atoms with van der Waals surface area (Å²) >= 11 is 12.3. The standard InChI is InChI=1S/C22H13Cl2F2NO5/c1-31-21-12(23)7-10(8-13(21)24)19(28)17-18(16-3-2-6-32-16)27(22(30)20(17)29)15-9-11(25)4-5-14(15)26/h2-9,18,28H,1H3/b19-17-. The molecule has 0 bridgehead atoms. The molecular formula is C22H13Cl2F2NO5. The van der Waals surface area contributed by atoms with Gasteiger partial charge >= 0.3 is 0 Å². The van der Waals surface area contributed by atoms with Gasteiger partial charge in [0.25, 0.3) is 11.7 Å². The summed E-state index contributed by atoms with van der Waals surface area (Å²) < 4.78 is 38.8. The second-order valence-corrected chi connectivity index (χ2v) is 7.57. The maximum Gasteiger partial charge on any atom is 0.300 e. The molecule has 1 saturated heterocycles. The number of hydrogen-bond acceptors (Lipinski definition) is 5. The second-order valence-electron chi connectivity index (χ2n) is 6.75. The lowest BCUT2D eigenvalue weighted by Gasteiger charge is -2.23. The summed E-state index contributed by atoms with van der Waals surface area (Å²) in [4.78, 5) is 26.6. The van der Waals surface area contributed by atoms with Crippen molar-refractivity contribution < 1.29 is 32.6 Å². The molecular weight excluding hydrogens is 467 g/mol. The van der Waals surface area contributed by atoms with Crippen molar-refractivity contribution in [3.63, 3.8) is 0 Å². The molecule has 164 valence electrons. The molecule has 1 aliphatic heterocycles. The highest BCUT2D eigenvalue weighted by molar-refractivity contribution is 6.51. The highest BCUT2D eigenvalue weighted by Gasteiger charge is 2.49. The third-order valence-corrected chi connectivity index (χ3v) is 5.46. The maximum atomic E-state index is 14.5. The van der Waals surface area contributed by atoms with E-state index < -0.39 is 46.4 Å². The van der Waals surface area contributed by atoms with E-state index in [0.717, 1.165) is 23.1 Å². The van der Waals surface area contributed by atoms with Crippen LogP contribution in [0.5, 0.6) is 5.75 Å². The number of anilines is 1. The lowest BCUT2D eigenvalue weighted by Crippen LogP contribution is -2.30. The average molecular weight is 480 g/mol. The van der Waals surface area contributed by atoms with Gasteiger partial charge in [0.15, 0.2) is 5.75 Å². The molecule has 1 aromatic heterocycles. The number of rotatable bonds is 4. The Morgan fingerprint density at radius 1 is 1.12 bits per heavy atom. The van der Waals surface area contributed by atoms with Gasteiger partial charge in [-0.25, -0.2) is 8.78 Å². The van der Waals surface area contributed by atoms with Crippen LogP contribution in [0.15, 0.2) is 58.7 Å². The van der Waals surface area contributed by atoms with Crippen LogP contribution in [0.3, 0.4) is 0 Å². The Morgan fingerprint density at radius 2 is 1.81 bits per heavy atom. The Labute approximate surface area is 190 Å². The minimum absolute atomic E-state index is 0.00932. The van der Waals surface area contributed by atoms with Gasteiger partial charge in [-0.2, -0.15) is 0 Å². The molecule has 2 heterocycles. The van der Waals surface area contributed by atoms with Gasteiger partial charge in [-0.05, 0) is 36.4 Å². The van der Waals surface area contributed by atoms with Gasteiger partial charge in [-0.3, -0.25) is 14.5 Å². The van der Waals surface area contributed by atoms with Crippen molar-refractivity contribution in [3.8, 4) is 5.75 Å². The second kappa shape index (κ2) is 8.29. The first-order chi connectivity index (χ1) is 15.2. The number of halogens is 4. The predicted octanol–water partition coefficient (Wildman–Crippen LogP) is 5.50. The summed E-state index contributed by atoms with van der Waals surface area (Å²) in [6, 6.07) is 6.60. The van der Waals surface area contributed by atoms with Crippen LogP contribution in [0.4, 0.5) is 14.5 Å². The molecule has 1 aliphatic rings. The van der Waals surface area contributed by atoms with E-state index in [0.29, 0.717) is 0 Å². The molecule has 0 radical (unpaired) electrons. The molecule has 0 saturated carbocycles. The molecule has 1 unspecified atom stereocenters. The lowest BCUT2D eigenvalue weighted by molar-refractivity contribution is -0.132. The number of furan rings is 1. The van der Waals surface area contributed by atoms with Crippen LogP contribution in [0, 0.1) is 11.6 Å². The zero-order chi connectivity index (χ0) is 23.2. The number of carbonyl (C=O) groups excluding carboxylic acids is 2. The molecule has 3 aromatic rings. The number of methoxy groups -OCH3 is 1. The van der Waals surface area contributed by atoms with E-state index in [2.05, 4.69) is 0 Å². The molecule has 0 spiro atoms. The summed E-state index contributed by atoms with van der Waals surface area (Å²) in [7, 11) is 1.35. The Morgan fingerprint density at radius 3 is 2.41 bits per heavy atom. The number of amides is 1. The van der Waals surface area contributed by atoms with Crippen LogP contribution >= 0.6 is 23.2 Å². The fraction of sp³-hybridized carbons (Fsp3) is 0.0909. The van der Waals surface area contributed by atoms with Crippen molar-refractivity contribution in [1.29, 1.82) is 0 Å². The number of benzene rings is 2. The minimum Gasteiger partial charge on any atom is -0.507 e. The first-order valence-corrected chi connectivity index (χ1v) is 9.83. The molecule has 4 rings (SSSR count). The fourth-order valence-electron chi connectivity index (χ4n) is 3.51. The van der Waals surface area contributed by atoms with Crippen LogP contribution in [0.2, 0.25) is 10.0 Å². The van der Waals surface area contributed by atoms with E-state index in [1.807, 2.05) is 0 Å². The normalized spacial score (nSPS) is 17.8. The Kier molecular flexibility index (Phi) is 5.66. The van der Waals surface area contributed by atoms with Gasteiger partial charge in [-0.15, -0.1) is 0 Å². The summed E-state index contributed by atoms with van der Waals surface area (Å²) in [6.07, 6.45) is 1.28. The fourth-order valence-corrected chi connectivity index (χ4v) is 4.16. The Balaban J connectivity index is 1.96. The van der Waals surface area contributed by atoms with E-state index in [1.54, 1.807) is 0 Å². The van der Waals surface area contributed by atoms with E-state index in [-0.39, 0.29) is 27.1 Å². The number of aliphatic hydroxyl groups is 1. The summed E-state index contributed by atoms with van der Waals surface area (Å²) in [5.74, 6) is -4.51. The smallest absolute Gasteiger partial charge is 0.300 e. The topological polar surface area (TPSA) is 80.0 Å². The number of nitrogens with zero attached hydrogens (tertiary/aromatic N) is 1. The monoisotopic (exact) mass is 479 g/mol. The third-order valence-electron chi connectivity index (χ3n) is 4.90. The number of Topliss-reactive ketones (excluding diaryl/α,β-unsaturated/α-hetero) is 1. The highest BCUT2D eigenvalue weighted by Crippen LogP contribution is 2.44. The average Bonchev–Trinajstić information content (AvgIpc) is 3.36. The van der Waals surface area contributed by atoms with Gasteiger partial charge in [0.2, 0.25) is 0 Å². The van der Waals surface area contributed by atoms with Crippen molar-refractivity contribution in [1.82, 2.24) is 0 Å². The highest BCUT2D eigenvalue weighted by atomic mass is 35.5. The van der Waals surface area contributed by atoms with Crippen LogP contribution in [0.1, 0.15) is 17.4 Å². The van der Waals surface area contributed by atoms with Gasteiger partial charge in [0.05, 0.1) is 34.7 Å². The first kappa shape index (κ1) is 21.9. The number of aliphatic hydroxyl groups excluding tert-OH is 1. The first-order valence-electron chi connectivity index (χ1n) is 9.07. The molecule has 0 aliphatic carbocycles. The van der Waals surface area contributed by atoms with Crippen molar-refractivity contribution >= 4 is 46.3 Å². The van der Waals surface area contributed by atoms with Crippen LogP contribution < -0.4 is 9.64 Å². The number of carbonyl (C=O) groups is 2.